The minimum atomic E-state index is -0.213. The summed E-state index contributed by atoms with van der Waals surface area (Å²) in [5.74, 6) is -0.580. The number of anilines is 1. The molecule has 0 atom stereocenters. The molecule has 1 heterocycles. The highest BCUT2D eigenvalue weighted by molar-refractivity contribution is 6.07. The summed E-state index contributed by atoms with van der Waals surface area (Å²) in [5.41, 5.74) is 1.77. The first-order chi connectivity index (χ1) is 7.19. The number of nitroso groups, excluding NO2 is 1. The first-order valence-electron chi connectivity index (χ1n) is 3.99. The fourth-order valence-electron chi connectivity index (χ4n) is 1.47. The van der Waals surface area contributed by atoms with Crippen LogP contribution in [0.3, 0.4) is 0 Å². The molecule has 78 valence electrons. The highest BCUT2D eigenvalue weighted by atomic mass is 16.5. The molecule has 0 radical (unpaired) electrons. The number of aromatic nitrogens is 1. The fraction of sp³-hybridized carbons (Fsp3) is 0. The smallest absolute Gasteiger partial charge is 0.188 e. The fourth-order valence-corrected chi connectivity index (χ4v) is 1.47. The molecule has 0 aliphatic rings. The van der Waals surface area contributed by atoms with Gasteiger partial charge in [0.2, 0.25) is 0 Å². The molecular weight excluding hydrogens is 202 g/mol. The molecule has 0 aliphatic heterocycles. The lowest BCUT2D eigenvalue weighted by molar-refractivity contribution is 0.387. The van der Waals surface area contributed by atoms with Crippen molar-refractivity contribution in [3.05, 3.63) is 17.0 Å². The zero-order valence-corrected chi connectivity index (χ0v) is 7.35. The number of aromatic hydroxyl groups is 2. The van der Waals surface area contributed by atoms with E-state index in [1.54, 1.807) is 5.48 Å². The maximum Gasteiger partial charge on any atom is 0.188 e. The summed E-state index contributed by atoms with van der Waals surface area (Å²) in [5, 5.41) is 30.5. The largest absolute Gasteiger partial charge is 0.507 e. The zero-order valence-electron chi connectivity index (χ0n) is 7.35. The topological polar surface area (TPSA) is 118 Å². The summed E-state index contributed by atoms with van der Waals surface area (Å²) >= 11 is 0. The molecule has 1 aromatic carbocycles. The van der Waals surface area contributed by atoms with Gasteiger partial charge in [-0.1, -0.05) is 0 Å². The van der Waals surface area contributed by atoms with Crippen LogP contribution in [0, 0.1) is 4.91 Å². The number of nitrogens with one attached hydrogen (secondary N) is 2. The molecule has 2 aromatic rings. The van der Waals surface area contributed by atoms with Gasteiger partial charge in [-0.3, -0.25) is 10.7 Å². The summed E-state index contributed by atoms with van der Waals surface area (Å²) in [7, 11) is 0. The highest BCUT2D eigenvalue weighted by Gasteiger charge is 2.17. The first-order valence-corrected chi connectivity index (χ1v) is 3.99. The third-order valence-corrected chi connectivity index (χ3v) is 2.09. The minimum Gasteiger partial charge on any atom is -0.507 e. The van der Waals surface area contributed by atoms with Crippen molar-refractivity contribution in [1.29, 1.82) is 0 Å². The highest BCUT2D eigenvalue weighted by Crippen LogP contribution is 2.42. The van der Waals surface area contributed by atoms with Crippen molar-refractivity contribution < 1.29 is 15.4 Å². The Hall–Kier alpha value is -2.28. The van der Waals surface area contributed by atoms with Crippen LogP contribution in [-0.2, 0) is 0 Å². The van der Waals surface area contributed by atoms with Crippen LogP contribution in [0.5, 0.6) is 11.5 Å². The number of hydrogen-bond donors (Lipinski definition) is 5. The molecule has 1 aromatic heterocycles. The first kappa shape index (κ1) is 9.28. The van der Waals surface area contributed by atoms with Gasteiger partial charge < -0.3 is 15.2 Å². The van der Waals surface area contributed by atoms with E-state index in [1.165, 1.54) is 12.1 Å². The van der Waals surface area contributed by atoms with E-state index in [0.29, 0.717) is 0 Å². The number of phenols is 2. The van der Waals surface area contributed by atoms with Crippen LogP contribution in [-0.4, -0.2) is 20.4 Å². The molecule has 5 N–H and O–H groups in total. The van der Waals surface area contributed by atoms with Crippen LogP contribution >= 0.6 is 0 Å². The van der Waals surface area contributed by atoms with Gasteiger partial charge in [0.25, 0.3) is 0 Å². The van der Waals surface area contributed by atoms with E-state index in [0.717, 1.165) is 0 Å². The second kappa shape index (κ2) is 3.14. The van der Waals surface area contributed by atoms with Crippen LogP contribution < -0.4 is 5.48 Å². The molecule has 15 heavy (non-hydrogen) atoms. The van der Waals surface area contributed by atoms with E-state index >= 15 is 0 Å². The lowest BCUT2D eigenvalue weighted by Crippen LogP contribution is -1.88. The van der Waals surface area contributed by atoms with E-state index in [4.69, 9.17) is 5.21 Å². The van der Waals surface area contributed by atoms with E-state index in [-0.39, 0.29) is 33.9 Å². The van der Waals surface area contributed by atoms with Crippen molar-refractivity contribution in [2.45, 2.75) is 0 Å². The summed E-state index contributed by atoms with van der Waals surface area (Å²) in [4.78, 5) is 12.8. The Morgan fingerprint density at radius 2 is 1.80 bits per heavy atom. The van der Waals surface area contributed by atoms with Gasteiger partial charge >= 0.3 is 0 Å². The number of fused-ring (bicyclic) bond motifs is 1. The quantitative estimate of drug-likeness (QED) is 0.293. The molecule has 0 amide bonds. The van der Waals surface area contributed by atoms with E-state index in [1.807, 2.05) is 0 Å². The Morgan fingerprint density at radius 3 is 2.33 bits per heavy atom. The van der Waals surface area contributed by atoms with Crippen LogP contribution in [0.1, 0.15) is 0 Å². The number of rotatable bonds is 2. The Balaban J connectivity index is 2.96. The summed E-state index contributed by atoms with van der Waals surface area (Å²) in [6.45, 7) is 0. The number of phenolic OH excluding ortho intramolecular Hbond substituents is 2. The molecular formula is C8H7N3O4. The molecule has 2 rings (SSSR count). The minimum absolute atomic E-state index is 0.00648. The number of hydrogen-bond acceptors (Lipinski definition) is 6. The van der Waals surface area contributed by atoms with Gasteiger partial charge in [-0.25, -0.2) is 0 Å². The second-order valence-electron chi connectivity index (χ2n) is 2.91. The summed E-state index contributed by atoms with van der Waals surface area (Å²) in [6.07, 6.45) is 0. The molecule has 0 unspecified atom stereocenters. The molecule has 0 saturated carbocycles. The standard InChI is InChI=1S/C8H7N3O4/c12-3-1-2-4(13)6-5(3)7(10-14)9-8(6)11-15/h1-2,9-10,12-14H. The Morgan fingerprint density at radius 1 is 1.20 bits per heavy atom. The SMILES string of the molecule is O=Nc1[nH]c(NO)c2c(O)ccc(O)c12. The van der Waals surface area contributed by atoms with Gasteiger partial charge in [0.1, 0.15) is 17.3 Å². The van der Waals surface area contributed by atoms with Crippen molar-refractivity contribution >= 4 is 22.4 Å². The van der Waals surface area contributed by atoms with Crippen molar-refractivity contribution in [1.82, 2.24) is 4.98 Å². The van der Waals surface area contributed by atoms with Gasteiger partial charge in [0.15, 0.2) is 5.82 Å². The normalized spacial score (nSPS) is 10.5. The average molecular weight is 209 g/mol. The van der Waals surface area contributed by atoms with E-state index in [2.05, 4.69) is 10.2 Å². The molecule has 7 heteroatoms. The van der Waals surface area contributed by atoms with Crippen LogP contribution in [0.4, 0.5) is 11.6 Å². The monoisotopic (exact) mass is 209 g/mol. The number of aromatic amines is 1. The van der Waals surface area contributed by atoms with Crippen molar-refractivity contribution in [2.75, 3.05) is 5.48 Å². The molecule has 7 nitrogen and oxygen atoms in total. The van der Waals surface area contributed by atoms with Crippen molar-refractivity contribution in [3.8, 4) is 11.5 Å². The van der Waals surface area contributed by atoms with Crippen molar-refractivity contribution in [3.63, 3.8) is 0 Å². The molecule has 0 saturated heterocycles. The van der Waals surface area contributed by atoms with Crippen LogP contribution in [0.25, 0.3) is 10.8 Å². The van der Waals surface area contributed by atoms with Gasteiger partial charge in [0, 0.05) is 0 Å². The van der Waals surface area contributed by atoms with Gasteiger partial charge in [-0.05, 0) is 17.3 Å². The van der Waals surface area contributed by atoms with Crippen molar-refractivity contribution in [2.24, 2.45) is 5.18 Å². The predicted molar refractivity (Wildman–Crippen MR) is 52.5 cm³/mol. The molecule has 0 spiro atoms. The number of H-pyrrole nitrogens is 1. The molecule has 0 bridgehead atoms. The van der Waals surface area contributed by atoms with E-state index < -0.39 is 0 Å². The molecule has 0 aliphatic carbocycles. The lowest BCUT2D eigenvalue weighted by atomic mass is 10.1. The van der Waals surface area contributed by atoms with Crippen LogP contribution in [0.15, 0.2) is 17.3 Å². The molecule has 0 fully saturated rings. The van der Waals surface area contributed by atoms with Gasteiger partial charge in [-0.15, -0.1) is 4.91 Å². The van der Waals surface area contributed by atoms with E-state index in [9.17, 15) is 15.1 Å². The average Bonchev–Trinajstić information content (AvgIpc) is 2.63. The maximum absolute atomic E-state index is 10.4. The summed E-state index contributed by atoms with van der Waals surface area (Å²) in [6, 6.07) is 2.46. The number of benzene rings is 1. The zero-order chi connectivity index (χ0) is 11.0. The Kier molecular flexibility index (Phi) is 1.94. The number of nitrogens with zero attached hydrogens (tertiary/aromatic N) is 1. The maximum atomic E-state index is 10.4. The van der Waals surface area contributed by atoms with Gasteiger partial charge in [0.05, 0.1) is 10.8 Å². The second-order valence-corrected chi connectivity index (χ2v) is 2.91. The Bertz CT molecular complexity index is 534. The lowest BCUT2D eigenvalue weighted by Gasteiger charge is -1.99. The predicted octanol–water partition coefficient (Wildman–Crippen LogP) is 1.78. The Labute approximate surface area is 82.9 Å². The third kappa shape index (κ3) is 1.17. The third-order valence-electron chi connectivity index (χ3n) is 2.09. The summed E-state index contributed by atoms with van der Waals surface area (Å²) < 4.78 is 0. The van der Waals surface area contributed by atoms with Gasteiger partial charge in [-0.2, -0.15) is 0 Å². The van der Waals surface area contributed by atoms with Crippen LogP contribution in [0.2, 0.25) is 0 Å².